The van der Waals surface area contributed by atoms with E-state index < -0.39 is 16.6 Å². The van der Waals surface area contributed by atoms with Gasteiger partial charge in [0.2, 0.25) is 0 Å². The highest BCUT2D eigenvalue weighted by Gasteiger charge is 2.86. The number of hydrogen-bond donors (Lipinski definition) is 0. The lowest BCUT2D eigenvalue weighted by Crippen LogP contribution is -2.68. The molecule has 1 aromatic heterocycles. The molecule has 5 nitrogen and oxygen atoms in total. The molecule has 0 bridgehead atoms. The van der Waals surface area contributed by atoms with Gasteiger partial charge in [-0.3, -0.25) is 4.79 Å². The lowest BCUT2D eigenvalue weighted by atomic mass is 9.39. The molecule has 166 valence electrons. The molecular weight excluding hydrogens is 392 g/mol. The molecule has 2 aliphatic heterocycles. The Morgan fingerprint density at radius 2 is 1.84 bits per heavy atom. The number of ether oxygens (including phenoxy) is 2. The second-order valence-electron chi connectivity index (χ2n) is 11.8. The largest absolute Gasteiger partial charge is 0.472 e. The topological polar surface area (TPSA) is 69.0 Å². The summed E-state index contributed by atoms with van der Waals surface area (Å²) in [5.41, 5.74) is -0.904. The van der Waals surface area contributed by atoms with Crippen molar-refractivity contribution in [3.63, 3.8) is 0 Å². The van der Waals surface area contributed by atoms with Gasteiger partial charge in [0.1, 0.15) is 17.0 Å². The average molecular weight is 425 g/mol. The predicted octanol–water partition coefficient (Wildman–Crippen LogP) is 4.81. The molecule has 0 radical (unpaired) electrons. The Bertz CT molecular complexity index is 1010. The summed E-state index contributed by atoms with van der Waals surface area (Å²) < 4.78 is 17.8. The maximum absolute atomic E-state index is 14.1. The molecule has 0 amide bonds. The van der Waals surface area contributed by atoms with Crippen molar-refractivity contribution in [1.29, 1.82) is 0 Å². The van der Waals surface area contributed by atoms with Crippen LogP contribution >= 0.6 is 0 Å². The van der Waals surface area contributed by atoms with Gasteiger partial charge in [0, 0.05) is 23.8 Å². The molecule has 6 rings (SSSR count). The van der Waals surface area contributed by atoms with E-state index in [1.165, 1.54) is 5.56 Å². The van der Waals surface area contributed by atoms with E-state index in [0.29, 0.717) is 12.3 Å². The van der Waals surface area contributed by atoms with Gasteiger partial charge < -0.3 is 13.9 Å². The Morgan fingerprint density at radius 1 is 1.06 bits per heavy atom. The van der Waals surface area contributed by atoms with Crippen LogP contribution in [0.15, 0.2) is 35.2 Å². The van der Waals surface area contributed by atoms with E-state index in [0.717, 1.165) is 19.3 Å². The summed E-state index contributed by atoms with van der Waals surface area (Å²) in [4.78, 5) is 26.4. The molecule has 0 N–H and O–H groups in total. The number of hydrogen-bond acceptors (Lipinski definition) is 5. The molecule has 31 heavy (non-hydrogen) atoms. The number of carbonyl (C=O) groups is 2. The van der Waals surface area contributed by atoms with Crippen LogP contribution in [0.3, 0.4) is 0 Å². The van der Waals surface area contributed by atoms with Gasteiger partial charge >= 0.3 is 5.97 Å². The number of cyclic esters (lactones) is 1. The highest BCUT2D eigenvalue weighted by molar-refractivity contribution is 5.90. The van der Waals surface area contributed by atoms with Gasteiger partial charge in [-0.15, -0.1) is 0 Å². The van der Waals surface area contributed by atoms with Crippen molar-refractivity contribution in [3.8, 4) is 0 Å². The molecular formula is C26H32O5. The van der Waals surface area contributed by atoms with Crippen molar-refractivity contribution in [2.75, 3.05) is 0 Å². The third-order valence-corrected chi connectivity index (χ3v) is 10.4. The van der Waals surface area contributed by atoms with Crippen LogP contribution in [0.25, 0.3) is 0 Å². The summed E-state index contributed by atoms with van der Waals surface area (Å²) in [7, 11) is 0. The van der Waals surface area contributed by atoms with Gasteiger partial charge in [-0.25, -0.2) is 4.79 Å². The summed E-state index contributed by atoms with van der Waals surface area (Å²) >= 11 is 0. The Balaban J connectivity index is 1.49. The number of furan rings is 1. The van der Waals surface area contributed by atoms with Gasteiger partial charge in [0.05, 0.1) is 24.0 Å². The summed E-state index contributed by atoms with van der Waals surface area (Å²) in [6.45, 7) is 10.7. The summed E-state index contributed by atoms with van der Waals surface area (Å²) in [5.74, 6) is 0.373. The van der Waals surface area contributed by atoms with E-state index >= 15 is 0 Å². The monoisotopic (exact) mass is 424 g/mol. The standard InChI is InChI=1S/C26H32O5/c1-22(2)18-13-19(27)25(5)17(23(18,3)9-7-21(28)31-22)6-10-24(4)16(15-8-11-29-14-15)12-20-26(24,25)30-20/h7-9,11,14,16-18,20H,6,10,12-13H2,1-5H3. The van der Waals surface area contributed by atoms with E-state index in [1.54, 1.807) is 12.3 Å². The second-order valence-corrected chi connectivity index (χ2v) is 11.8. The fourth-order valence-electron chi connectivity index (χ4n) is 9.05. The van der Waals surface area contributed by atoms with Crippen LogP contribution in [-0.4, -0.2) is 29.1 Å². The van der Waals surface area contributed by atoms with E-state index in [4.69, 9.17) is 13.9 Å². The van der Waals surface area contributed by atoms with Crippen LogP contribution in [0.2, 0.25) is 0 Å². The van der Waals surface area contributed by atoms with Crippen molar-refractivity contribution in [2.45, 2.75) is 83.5 Å². The smallest absolute Gasteiger partial charge is 0.330 e. The number of rotatable bonds is 1. The number of Topliss-reactive ketones (excluding diaryl/α,β-unsaturated/α-hetero) is 1. The molecule has 3 aliphatic carbocycles. The van der Waals surface area contributed by atoms with Crippen molar-refractivity contribution < 1.29 is 23.5 Å². The number of allylic oxidation sites excluding steroid dienone is 1. The third kappa shape index (κ3) is 2.03. The fraction of sp³-hybridized carbons (Fsp3) is 0.692. The molecule has 5 aliphatic rings. The minimum Gasteiger partial charge on any atom is -0.472 e. The van der Waals surface area contributed by atoms with Crippen molar-refractivity contribution in [3.05, 3.63) is 36.3 Å². The van der Waals surface area contributed by atoms with Crippen molar-refractivity contribution in [2.24, 2.45) is 28.1 Å². The first kappa shape index (κ1) is 19.8. The number of fused-ring (bicyclic) bond motifs is 3. The number of epoxide rings is 1. The van der Waals surface area contributed by atoms with Crippen molar-refractivity contribution >= 4 is 11.8 Å². The van der Waals surface area contributed by atoms with E-state index in [9.17, 15) is 9.59 Å². The first-order valence-electron chi connectivity index (χ1n) is 11.7. The zero-order chi connectivity index (χ0) is 22.0. The molecule has 5 heteroatoms. The van der Waals surface area contributed by atoms with Crippen LogP contribution in [0.4, 0.5) is 0 Å². The Kier molecular flexibility index (Phi) is 3.53. The van der Waals surface area contributed by atoms with Crippen LogP contribution < -0.4 is 0 Å². The molecule has 8 atom stereocenters. The first-order chi connectivity index (χ1) is 14.5. The number of esters is 1. The summed E-state index contributed by atoms with van der Waals surface area (Å²) in [6, 6.07) is 2.07. The second kappa shape index (κ2) is 5.54. The quantitative estimate of drug-likeness (QED) is 0.478. The third-order valence-electron chi connectivity index (χ3n) is 10.4. The maximum atomic E-state index is 14.1. The highest BCUT2D eigenvalue weighted by atomic mass is 16.6. The van der Waals surface area contributed by atoms with Gasteiger partial charge in [0.15, 0.2) is 0 Å². The molecule has 4 fully saturated rings. The van der Waals surface area contributed by atoms with E-state index in [1.807, 2.05) is 20.1 Å². The zero-order valence-corrected chi connectivity index (χ0v) is 19.1. The van der Waals surface area contributed by atoms with Gasteiger partial charge in [-0.1, -0.05) is 19.9 Å². The SMILES string of the molecule is CC1(C)OC(=O)C=CC2(C)C1CC(=O)C1(C)C2CCC2(C)C(c3ccoc3)CC3OC321. The normalized spacial score (nSPS) is 51.8. The molecule has 3 heterocycles. The van der Waals surface area contributed by atoms with E-state index in [2.05, 4.69) is 32.9 Å². The number of carbonyl (C=O) groups excluding carboxylic acids is 2. The zero-order valence-electron chi connectivity index (χ0n) is 19.1. The number of ketones is 1. The fourth-order valence-corrected chi connectivity index (χ4v) is 9.05. The molecule has 1 saturated heterocycles. The molecule has 3 saturated carbocycles. The molecule has 8 unspecified atom stereocenters. The highest BCUT2D eigenvalue weighted by Crippen LogP contribution is 2.81. The van der Waals surface area contributed by atoms with Crippen LogP contribution in [0.5, 0.6) is 0 Å². The van der Waals surface area contributed by atoms with E-state index in [-0.39, 0.29) is 40.5 Å². The minimum absolute atomic E-state index is 0.0442. The Hall–Kier alpha value is -1.88. The summed E-state index contributed by atoms with van der Waals surface area (Å²) in [5, 5.41) is 0. The first-order valence-corrected chi connectivity index (χ1v) is 11.7. The predicted molar refractivity (Wildman–Crippen MR) is 113 cm³/mol. The minimum atomic E-state index is -0.691. The van der Waals surface area contributed by atoms with Gasteiger partial charge in [0.25, 0.3) is 0 Å². The molecule has 1 spiro atoms. The maximum Gasteiger partial charge on any atom is 0.330 e. The summed E-state index contributed by atoms with van der Waals surface area (Å²) in [6.07, 6.45) is 10.7. The molecule has 1 aromatic rings. The Labute approximate surface area is 183 Å². The van der Waals surface area contributed by atoms with Crippen LogP contribution in [-0.2, 0) is 19.1 Å². The van der Waals surface area contributed by atoms with Crippen LogP contribution in [0, 0.1) is 28.1 Å². The lowest BCUT2D eigenvalue weighted by molar-refractivity contribution is -0.195. The molecule has 0 aromatic carbocycles. The van der Waals surface area contributed by atoms with Crippen LogP contribution in [0.1, 0.15) is 71.8 Å². The Morgan fingerprint density at radius 3 is 2.55 bits per heavy atom. The lowest BCUT2D eigenvalue weighted by Gasteiger charge is -2.63. The van der Waals surface area contributed by atoms with Gasteiger partial charge in [-0.2, -0.15) is 0 Å². The van der Waals surface area contributed by atoms with Gasteiger partial charge in [-0.05, 0) is 68.9 Å². The average Bonchev–Trinajstić information content (AvgIpc) is 3.09. The van der Waals surface area contributed by atoms with Crippen molar-refractivity contribution in [1.82, 2.24) is 0 Å².